The maximum absolute atomic E-state index is 11.2. The van der Waals surface area contributed by atoms with Crippen LogP contribution >= 0.6 is 0 Å². The van der Waals surface area contributed by atoms with Gasteiger partial charge in [-0.05, 0) is 32.9 Å². The van der Waals surface area contributed by atoms with Gasteiger partial charge in [0.05, 0.1) is 0 Å². The highest BCUT2D eigenvalue weighted by Crippen LogP contribution is 2.19. The third-order valence-corrected chi connectivity index (χ3v) is 3.02. The maximum atomic E-state index is 11.2. The fraction of sp³-hybridized carbons (Fsp3) is 1.00. The second kappa shape index (κ2) is 4.90. The second-order valence-electron chi connectivity index (χ2n) is 3.25. The standard InChI is InChI=1S/C7H17N3O2S/c1-8-5-2-6-9-13(11,12)10-7-3-4-7/h7-10H,2-6H2,1H3. The molecule has 0 atom stereocenters. The molecule has 1 aliphatic carbocycles. The fourth-order valence-corrected chi connectivity index (χ4v) is 2.10. The van der Waals surface area contributed by atoms with Crippen LogP contribution in [-0.4, -0.2) is 34.6 Å². The number of hydrogen-bond acceptors (Lipinski definition) is 3. The van der Waals surface area contributed by atoms with E-state index in [2.05, 4.69) is 14.8 Å². The molecule has 0 saturated heterocycles. The van der Waals surface area contributed by atoms with Crippen LogP contribution in [0.3, 0.4) is 0 Å². The number of rotatable bonds is 7. The van der Waals surface area contributed by atoms with Gasteiger partial charge >= 0.3 is 0 Å². The van der Waals surface area contributed by atoms with Gasteiger partial charge in [-0.3, -0.25) is 0 Å². The van der Waals surface area contributed by atoms with Gasteiger partial charge in [0.2, 0.25) is 0 Å². The number of hydrogen-bond donors (Lipinski definition) is 3. The van der Waals surface area contributed by atoms with E-state index in [9.17, 15) is 8.42 Å². The molecule has 0 unspecified atom stereocenters. The van der Waals surface area contributed by atoms with Crippen molar-refractivity contribution in [1.82, 2.24) is 14.8 Å². The van der Waals surface area contributed by atoms with Crippen molar-refractivity contribution in [2.75, 3.05) is 20.1 Å². The van der Waals surface area contributed by atoms with E-state index in [-0.39, 0.29) is 6.04 Å². The molecule has 1 saturated carbocycles. The molecule has 3 N–H and O–H groups in total. The molecule has 6 heteroatoms. The minimum Gasteiger partial charge on any atom is -0.320 e. The van der Waals surface area contributed by atoms with Crippen LogP contribution in [0.5, 0.6) is 0 Å². The van der Waals surface area contributed by atoms with E-state index in [1.165, 1.54) is 0 Å². The predicted molar refractivity (Wildman–Crippen MR) is 51.6 cm³/mol. The minimum absolute atomic E-state index is 0.182. The Hall–Kier alpha value is -0.170. The lowest BCUT2D eigenvalue weighted by Crippen LogP contribution is -2.38. The SMILES string of the molecule is CNCCCNS(=O)(=O)NC1CC1. The highest BCUT2D eigenvalue weighted by molar-refractivity contribution is 7.87. The van der Waals surface area contributed by atoms with Gasteiger partial charge in [-0.2, -0.15) is 13.1 Å². The summed E-state index contributed by atoms with van der Waals surface area (Å²) in [4.78, 5) is 0. The molecule has 13 heavy (non-hydrogen) atoms. The van der Waals surface area contributed by atoms with Crippen LogP contribution < -0.4 is 14.8 Å². The van der Waals surface area contributed by atoms with Crippen LogP contribution in [0, 0.1) is 0 Å². The summed E-state index contributed by atoms with van der Waals surface area (Å²) >= 11 is 0. The monoisotopic (exact) mass is 207 g/mol. The summed E-state index contributed by atoms with van der Waals surface area (Å²) in [5.74, 6) is 0. The van der Waals surface area contributed by atoms with Crippen molar-refractivity contribution in [2.45, 2.75) is 25.3 Å². The average Bonchev–Trinajstić information content (AvgIpc) is 2.81. The summed E-state index contributed by atoms with van der Waals surface area (Å²) in [5.41, 5.74) is 0. The summed E-state index contributed by atoms with van der Waals surface area (Å²) in [7, 11) is -1.38. The Morgan fingerprint density at radius 2 is 2.00 bits per heavy atom. The largest absolute Gasteiger partial charge is 0.320 e. The topological polar surface area (TPSA) is 70.2 Å². The first-order valence-electron chi connectivity index (χ1n) is 4.55. The van der Waals surface area contributed by atoms with E-state index in [0.29, 0.717) is 6.54 Å². The molecule has 0 bridgehead atoms. The highest BCUT2D eigenvalue weighted by atomic mass is 32.2. The lowest BCUT2D eigenvalue weighted by molar-refractivity contribution is 0.562. The van der Waals surface area contributed by atoms with E-state index in [0.717, 1.165) is 25.8 Å². The molecule has 0 aromatic carbocycles. The molecular weight excluding hydrogens is 190 g/mol. The molecule has 0 aromatic heterocycles. The van der Waals surface area contributed by atoms with Crippen molar-refractivity contribution >= 4 is 10.2 Å². The summed E-state index contributed by atoms with van der Waals surface area (Å²) in [6, 6.07) is 0.182. The Labute approximate surface area is 79.5 Å². The van der Waals surface area contributed by atoms with Gasteiger partial charge < -0.3 is 5.32 Å². The first-order valence-corrected chi connectivity index (χ1v) is 6.04. The van der Waals surface area contributed by atoms with Crippen molar-refractivity contribution in [2.24, 2.45) is 0 Å². The van der Waals surface area contributed by atoms with Gasteiger partial charge in [0.1, 0.15) is 0 Å². The van der Waals surface area contributed by atoms with Crippen molar-refractivity contribution in [3.8, 4) is 0 Å². The lowest BCUT2D eigenvalue weighted by Gasteiger charge is -2.06. The van der Waals surface area contributed by atoms with Gasteiger partial charge in [0.15, 0.2) is 0 Å². The van der Waals surface area contributed by atoms with E-state index in [1.807, 2.05) is 7.05 Å². The molecule has 1 aliphatic rings. The molecule has 5 nitrogen and oxygen atoms in total. The Morgan fingerprint density at radius 3 is 2.54 bits per heavy atom. The van der Waals surface area contributed by atoms with Crippen LogP contribution in [0.2, 0.25) is 0 Å². The van der Waals surface area contributed by atoms with E-state index in [1.54, 1.807) is 0 Å². The summed E-state index contributed by atoms with van der Waals surface area (Å²) < 4.78 is 27.4. The van der Waals surface area contributed by atoms with Crippen molar-refractivity contribution in [3.63, 3.8) is 0 Å². The van der Waals surface area contributed by atoms with Gasteiger partial charge in [0, 0.05) is 12.6 Å². The van der Waals surface area contributed by atoms with Crippen molar-refractivity contribution < 1.29 is 8.42 Å². The molecule has 0 spiro atoms. The first kappa shape index (κ1) is 10.9. The lowest BCUT2D eigenvalue weighted by atomic mass is 10.4. The van der Waals surface area contributed by atoms with Crippen molar-refractivity contribution in [1.29, 1.82) is 0 Å². The van der Waals surface area contributed by atoms with E-state index < -0.39 is 10.2 Å². The maximum Gasteiger partial charge on any atom is 0.277 e. The Kier molecular flexibility index (Phi) is 4.11. The normalized spacial score (nSPS) is 17.6. The fourth-order valence-electron chi connectivity index (χ4n) is 0.934. The Bertz CT molecular complexity index is 236. The highest BCUT2D eigenvalue weighted by Gasteiger charge is 2.26. The summed E-state index contributed by atoms with van der Waals surface area (Å²) in [6.45, 7) is 1.31. The van der Waals surface area contributed by atoms with Crippen LogP contribution in [0.15, 0.2) is 0 Å². The summed E-state index contributed by atoms with van der Waals surface area (Å²) in [6.07, 6.45) is 2.75. The van der Waals surface area contributed by atoms with Crippen LogP contribution in [0.4, 0.5) is 0 Å². The zero-order valence-corrected chi connectivity index (χ0v) is 8.65. The molecule has 0 radical (unpaired) electrons. The molecular formula is C7H17N3O2S. The molecule has 0 aromatic rings. The van der Waals surface area contributed by atoms with Crippen LogP contribution in [-0.2, 0) is 10.2 Å². The zero-order valence-electron chi connectivity index (χ0n) is 7.84. The zero-order chi connectivity index (χ0) is 9.73. The molecule has 0 heterocycles. The smallest absolute Gasteiger partial charge is 0.277 e. The molecule has 0 aliphatic heterocycles. The van der Waals surface area contributed by atoms with E-state index in [4.69, 9.17) is 0 Å². The van der Waals surface area contributed by atoms with Gasteiger partial charge in [-0.25, -0.2) is 4.72 Å². The Balaban J connectivity index is 2.10. The first-order chi connectivity index (χ1) is 6.14. The third kappa shape index (κ3) is 5.20. The summed E-state index contributed by atoms with van der Waals surface area (Å²) in [5, 5.41) is 2.95. The third-order valence-electron chi connectivity index (χ3n) is 1.79. The number of nitrogens with one attached hydrogen (secondary N) is 3. The van der Waals surface area contributed by atoms with Gasteiger partial charge in [-0.15, -0.1) is 0 Å². The Morgan fingerprint density at radius 1 is 1.31 bits per heavy atom. The van der Waals surface area contributed by atoms with Crippen LogP contribution in [0.1, 0.15) is 19.3 Å². The molecule has 0 amide bonds. The van der Waals surface area contributed by atoms with Crippen molar-refractivity contribution in [3.05, 3.63) is 0 Å². The van der Waals surface area contributed by atoms with E-state index >= 15 is 0 Å². The second-order valence-corrected chi connectivity index (χ2v) is 4.78. The molecule has 1 rings (SSSR count). The van der Waals surface area contributed by atoms with Gasteiger partial charge in [-0.1, -0.05) is 0 Å². The quantitative estimate of drug-likeness (QED) is 0.478. The predicted octanol–water partition coefficient (Wildman–Crippen LogP) is -0.818. The molecule has 78 valence electrons. The minimum atomic E-state index is -3.23. The average molecular weight is 207 g/mol. The molecule has 1 fully saturated rings. The van der Waals surface area contributed by atoms with Gasteiger partial charge in [0.25, 0.3) is 10.2 Å². The van der Waals surface area contributed by atoms with Crippen LogP contribution in [0.25, 0.3) is 0 Å².